The first-order valence-corrected chi connectivity index (χ1v) is 9.83. The zero-order valence-corrected chi connectivity index (χ0v) is 15.3. The molecule has 0 bridgehead atoms. The number of pyridine rings is 1. The minimum absolute atomic E-state index is 0.00183. The van der Waals surface area contributed by atoms with Gasteiger partial charge in [-0.05, 0) is 17.7 Å². The second kappa shape index (κ2) is 9.25. The Morgan fingerprint density at radius 1 is 1.23 bits per heavy atom. The van der Waals surface area contributed by atoms with Crippen LogP contribution in [-0.4, -0.2) is 40.7 Å². The van der Waals surface area contributed by atoms with Gasteiger partial charge in [0, 0.05) is 37.9 Å². The molecule has 26 heavy (non-hydrogen) atoms. The van der Waals surface area contributed by atoms with Gasteiger partial charge in [0.1, 0.15) is 17.7 Å². The number of aromatic nitrogens is 1. The first-order valence-electron chi connectivity index (χ1n) is 8.67. The van der Waals surface area contributed by atoms with Gasteiger partial charge in [-0.3, -0.25) is 4.79 Å². The van der Waals surface area contributed by atoms with Crippen molar-refractivity contribution in [2.75, 3.05) is 18.8 Å². The van der Waals surface area contributed by atoms with Crippen LogP contribution in [0.3, 0.4) is 0 Å². The van der Waals surface area contributed by atoms with Crippen LogP contribution in [0.4, 0.5) is 0 Å². The number of carbonyl (C=O) groups excluding carboxylic acids is 1. The van der Waals surface area contributed by atoms with Gasteiger partial charge in [-0.25, -0.2) is 4.98 Å². The van der Waals surface area contributed by atoms with Gasteiger partial charge < -0.3 is 9.64 Å². The lowest BCUT2D eigenvalue weighted by Gasteiger charge is -2.32. The van der Waals surface area contributed by atoms with Crippen molar-refractivity contribution < 1.29 is 9.53 Å². The highest BCUT2D eigenvalue weighted by atomic mass is 32.2. The van der Waals surface area contributed by atoms with Gasteiger partial charge in [0.25, 0.3) is 0 Å². The fraction of sp³-hybridized carbons (Fsp3) is 0.350. The summed E-state index contributed by atoms with van der Waals surface area (Å²) in [7, 11) is 0. The van der Waals surface area contributed by atoms with Crippen LogP contribution in [0.5, 0.6) is 5.88 Å². The van der Waals surface area contributed by atoms with E-state index in [0.29, 0.717) is 30.3 Å². The van der Waals surface area contributed by atoms with E-state index in [2.05, 4.69) is 23.2 Å². The molecule has 1 aromatic heterocycles. The largest absolute Gasteiger partial charge is 0.473 e. The summed E-state index contributed by atoms with van der Waals surface area (Å²) >= 11 is 1.65. The van der Waals surface area contributed by atoms with Crippen molar-refractivity contribution in [1.82, 2.24) is 9.88 Å². The maximum absolute atomic E-state index is 12.4. The predicted molar refractivity (Wildman–Crippen MR) is 102 cm³/mol. The first kappa shape index (κ1) is 18.3. The number of benzene rings is 1. The zero-order chi connectivity index (χ0) is 18.2. The Morgan fingerprint density at radius 2 is 2.00 bits per heavy atom. The van der Waals surface area contributed by atoms with E-state index in [4.69, 9.17) is 10.00 Å². The number of thioether (sulfide) groups is 1. The van der Waals surface area contributed by atoms with E-state index in [-0.39, 0.29) is 12.0 Å². The second-order valence-corrected chi connectivity index (χ2v) is 7.13. The summed E-state index contributed by atoms with van der Waals surface area (Å²) in [5.41, 5.74) is 1.68. The SMILES string of the molecule is N#Cc1cccnc1OC1CCN(C(=O)CSCc2ccccc2)CC1. The molecule has 0 atom stereocenters. The van der Waals surface area contributed by atoms with E-state index >= 15 is 0 Å². The Hall–Kier alpha value is -2.52. The highest BCUT2D eigenvalue weighted by molar-refractivity contribution is 7.99. The first-order chi connectivity index (χ1) is 12.8. The molecule has 6 heteroatoms. The van der Waals surface area contributed by atoms with Crippen molar-refractivity contribution in [2.24, 2.45) is 0 Å². The molecule has 2 aromatic rings. The number of ether oxygens (including phenoxy) is 1. The molecular formula is C20H21N3O2S. The van der Waals surface area contributed by atoms with Crippen molar-refractivity contribution in [3.63, 3.8) is 0 Å². The van der Waals surface area contributed by atoms with E-state index in [1.165, 1.54) is 5.56 Å². The van der Waals surface area contributed by atoms with Gasteiger partial charge >= 0.3 is 0 Å². The van der Waals surface area contributed by atoms with Crippen molar-refractivity contribution in [1.29, 1.82) is 5.26 Å². The van der Waals surface area contributed by atoms with E-state index < -0.39 is 0 Å². The summed E-state index contributed by atoms with van der Waals surface area (Å²) in [6, 6.07) is 15.7. The Labute approximate surface area is 158 Å². The van der Waals surface area contributed by atoms with Crippen molar-refractivity contribution in [3.05, 3.63) is 59.8 Å². The fourth-order valence-electron chi connectivity index (χ4n) is 2.87. The average molecular weight is 367 g/mol. The van der Waals surface area contributed by atoms with Crippen LogP contribution in [0.2, 0.25) is 0 Å². The third-order valence-corrected chi connectivity index (χ3v) is 5.29. The summed E-state index contributed by atoms with van der Waals surface area (Å²) in [4.78, 5) is 18.4. The summed E-state index contributed by atoms with van der Waals surface area (Å²) in [5, 5.41) is 9.10. The van der Waals surface area contributed by atoms with E-state index in [9.17, 15) is 4.79 Å². The third kappa shape index (κ3) is 4.99. The molecule has 1 aliphatic rings. The van der Waals surface area contributed by atoms with Crippen LogP contribution in [0.1, 0.15) is 24.0 Å². The van der Waals surface area contributed by atoms with Crippen LogP contribution in [-0.2, 0) is 10.5 Å². The summed E-state index contributed by atoms with van der Waals surface area (Å²) in [5.74, 6) is 1.92. The molecule has 1 amide bonds. The molecule has 1 fully saturated rings. The molecule has 5 nitrogen and oxygen atoms in total. The Morgan fingerprint density at radius 3 is 2.73 bits per heavy atom. The number of likely N-dealkylation sites (tertiary alicyclic amines) is 1. The molecule has 0 aliphatic carbocycles. The van der Waals surface area contributed by atoms with Gasteiger partial charge in [-0.2, -0.15) is 5.26 Å². The standard InChI is InChI=1S/C20H21N3O2S/c21-13-17-7-4-10-22-20(17)25-18-8-11-23(12-9-18)19(24)15-26-14-16-5-2-1-3-6-16/h1-7,10,18H,8-9,11-12,14-15H2. The van der Waals surface area contributed by atoms with Gasteiger partial charge in [0.15, 0.2) is 0 Å². The third-order valence-electron chi connectivity index (χ3n) is 4.30. The van der Waals surface area contributed by atoms with Gasteiger partial charge in [-0.15, -0.1) is 11.8 Å². The van der Waals surface area contributed by atoms with E-state index in [1.54, 1.807) is 30.1 Å². The lowest BCUT2D eigenvalue weighted by Crippen LogP contribution is -2.42. The number of piperidine rings is 1. The minimum Gasteiger partial charge on any atom is -0.473 e. The summed E-state index contributed by atoms with van der Waals surface area (Å²) < 4.78 is 5.87. The van der Waals surface area contributed by atoms with Crippen LogP contribution in [0.15, 0.2) is 48.7 Å². The second-order valence-electron chi connectivity index (χ2n) is 6.14. The van der Waals surface area contributed by atoms with Crippen LogP contribution >= 0.6 is 11.8 Å². The molecule has 1 saturated heterocycles. The lowest BCUT2D eigenvalue weighted by molar-refractivity contribution is -0.130. The molecule has 2 heterocycles. The number of amides is 1. The fourth-order valence-corrected chi connectivity index (χ4v) is 3.76. The molecule has 0 radical (unpaired) electrons. The Balaban J connectivity index is 1.42. The lowest BCUT2D eigenvalue weighted by atomic mass is 10.1. The topological polar surface area (TPSA) is 66.2 Å². The monoisotopic (exact) mass is 367 g/mol. The molecule has 134 valence electrons. The van der Waals surface area contributed by atoms with Gasteiger partial charge in [0.05, 0.1) is 5.75 Å². The number of hydrogen-bond donors (Lipinski definition) is 0. The van der Waals surface area contributed by atoms with Crippen LogP contribution in [0, 0.1) is 11.3 Å². The molecule has 0 spiro atoms. The van der Waals surface area contributed by atoms with E-state index in [0.717, 1.165) is 18.6 Å². The predicted octanol–water partition coefficient (Wildman–Crippen LogP) is 3.26. The number of carbonyl (C=O) groups is 1. The quantitative estimate of drug-likeness (QED) is 0.784. The van der Waals surface area contributed by atoms with Crippen molar-refractivity contribution in [2.45, 2.75) is 24.7 Å². The molecule has 1 aromatic carbocycles. The average Bonchev–Trinajstić information content (AvgIpc) is 2.70. The van der Waals surface area contributed by atoms with Crippen molar-refractivity contribution in [3.8, 4) is 11.9 Å². The molecule has 0 saturated carbocycles. The number of nitriles is 1. The van der Waals surface area contributed by atoms with E-state index in [1.807, 2.05) is 23.1 Å². The molecular weight excluding hydrogens is 346 g/mol. The smallest absolute Gasteiger partial charge is 0.232 e. The Bertz CT molecular complexity index is 768. The number of hydrogen-bond acceptors (Lipinski definition) is 5. The van der Waals surface area contributed by atoms with Gasteiger partial charge in [0.2, 0.25) is 11.8 Å². The maximum Gasteiger partial charge on any atom is 0.232 e. The van der Waals surface area contributed by atoms with Crippen LogP contribution < -0.4 is 4.74 Å². The molecule has 3 rings (SSSR count). The Kier molecular flexibility index (Phi) is 6.50. The number of rotatable bonds is 6. The van der Waals surface area contributed by atoms with Crippen LogP contribution in [0.25, 0.3) is 0 Å². The molecule has 0 unspecified atom stereocenters. The minimum atomic E-state index is -0.00183. The molecule has 0 N–H and O–H groups in total. The maximum atomic E-state index is 12.4. The van der Waals surface area contributed by atoms with Crippen molar-refractivity contribution >= 4 is 17.7 Å². The van der Waals surface area contributed by atoms with Gasteiger partial charge in [-0.1, -0.05) is 30.3 Å². The summed E-state index contributed by atoms with van der Waals surface area (Å²) in [6.07, 6.45) is 3.14. The highest BCUT2D eigenvalue weighted by Gasteiger charge is 2.24. The molecule has 1 aliphatic heterocycles. The highest BCUT2D eigenvalue weighted by Crippen LogP contribution is 2.21. The zero-order valence-electron chi connectivity index (χ0n) is 14.5. The normalized spacial score (nSPS) is 14.7. The number of nitrogens with zero attached hydrogens (tertiary/aromatic N) is 3. The summed E-state index contributed by atoms with van der Waals surface area (Å²) in [6.45, 7) is 1.37.